The van der Waals surface area contributed by atoms with Gasteiger partial charge in [-0.1, -0.05) is 6.07 Å². The molecule has 0 radical (unpaired) electrons. The summed E-state index contributed by atoms with van der Waals surface area (Å²) in [7, 11) is 0. The lowest BCUT2D eigenvalue weighted by atomic mass is 10.1. The van der Waals surface area contributed by atoms with E-state index in [0.29, 0.717) is 11.6 Å². The largest absolute Gasteiger partial charge is 0.310 e. The molecule has 0 saturated carbocycles. The summed E-state index contributed by atoms with van der Waals surface area (Å²) >= 11 is 3.39. The van der Waals surface area contributed by atoms with Crippen molar-refractivity contribution in [2.45, 2.75) is 19.1 Å². The summed E-state index contributed by atoms with van der Waals surface area (Å²) < 4.78 is 1.74. The molecule has 0 saturated heterocycles. The van der Waals surface area contributed by atoms with Crippen molar-refractivity contribution in [2.24, 2.45) is 0 Å². The van der Waals surface area contributed by atoms with Crippen molar-refractivity contribution in [3.05, 3.63) is 57.5 Å². The van der Waals surface area contributed by atoms with Crippen LogP contribution in [0.4, 0.5) is 5.82 Å². The van der Waals surface area contributed by atoms with Gasteiger partial charge in [0.2, 0.25) is 5.91 Å². The van der Waals surface area contributed by atoms with Crippen LogP contribution < -0.4 is 5.32 Å². The molecule has 1 aliphatic heterocycles. The highest BCUT2D eigenvalue weighted by Gasteiger charge is 2.32. The summed E-state index contributed by atoms with van der Waals surface area (Å²) in [6.07, 6.45) is 1.73. The lowest BCUT2D eigenvalue weighted by molar-refractivity contribution is -0.113. The number of carbonyl (C=O) groups is 1. The third-order valence-electron chi connectivity index (χ3n) is 4.01. The first-order valence-electron chi connectivity index (χ1n) is 7.61. The second-order valence-electron chi connectivity index (χ2n) is 5.65. The summed E-state index contributed by atoms with van der Waals surface area (Å²) in [5.41, 5.74) is 3.24. The number of pyridine rings is 1. The summed E-state index contributed by atoms with van der Waals surface area (Å²) in [5, 5.41) is 9.89. The van der Waals surface area contributed by atoms with Crippen LogP contribution in [0.2, 0.25) is 0 Å². The SMILES string of the molecule is Cc1ccsc1C1SCC(=O)Nc2c1c(C)nn2-c1ccccn1. The number of thioether (sulfide) groups is 1. The van der Waals surface area contributed by atoms with Gasteiger partial charge in [-0.2, -0.15) is 9.78 Å². The highest BCUT2D eigenvalue weighted by Crippen LogP contribution is 2.46. The first-order chi connectivity index (χ1) is 11.6. The topological polar surface area (TPSA) is 59.8 Å². The Bertz CT molecular complexity index is 901. The van der Waals surface area contributed by atoms with Crippen molar-refractivity contribution in [2.75, 3.05) is 11.1 Å². The number of fused-ring (bicyclic) bond motifs is 1. The van der Waals surface area contributed by atoms with E-state index in [1.807, 2.05) is 25.1 Å². The maximum Gasteiger partial charge on any atom is 0.235 e. The standard InChI is InChI=1S/C17H16N4OS2/c1-10-6-8-23-15(10)16-14-11(2)20-21(12-5-3-4-7-18-12)17(14)19-13(22)9-24-16/h3-8,16H,9H2,1-2H3,(H,19,22). The Hall–Kier alpha value is -2.12. The van der Waals surface area contributed by atoms with Gasteiger partial charge in [0.25, 0.3) is 0 Å². The quantitative estimate of drug-likeness (QED) is 0.760. The predicted octanol–water partition coefficient (Wildman–Crippen LogP) is 3.72. The molecular formula is C17H16N4OS2. The molecule has 1 atom stereocenters. The Morgan fingerprint density at radius 2 is 2.17 bits per heavy atom. The minimum Gasteiger partial charge on any atom is -0.310 e. The third-order valence-corrected chi connectivity index (χ3v) is 6.48. The van der Waals surface area contributed by atoms with E-state index in [-0.39, 0.29) is 11.2 Å². The highest BCUT2D eigenvalue weighted by atomic mass is 32.2. The molecule has 0 spiro atoms. The fourth-order valence-electron chi connectivity index (χ4n) is 2.89. The number of aromatic nitrogens is 3. The number of rotatable bonds is 2. The van der Waals surface area contributed by atoms with Gasteiger partial charge in [-0.3, -0.25) is 4.79 Å². The number of hydrogen-bond acceptors (Lipinski definition) is 5. The van der Waals surface area contributed by atoms with Crippen LogP contribution in [0.3, 0.4) is 0 Å². The molecule has 0 aromatic carbocycles. The van der Waals surface area contributed by atoms with Crippen molar-refractivity contribution in [3.8, 4) is 5.82 Å². The van der Waals surface area contributed by atoms with E-state index in [4.69, 9.17) is 0 Å². The zero-order valence-corrected chi connectivity index (χ0v) is 14.9. The number of thiophene rings is 1. The molecule has 4 heterocycles. The third kappa shape index (κ3) is 2.53. The lowest BCUT2D eigenvalue weighted by Gasteiger charge is -2.14. The van der Waals surface area contributed by atoms with Crippen LogP contribution in [0, 0.1) is 13.8 Å². The van der Waals surface area contributed by atoms with E-state index in [0.717, 1.165) is 17.1 Å². The van der Waals surface area contributed by atoms with Crippen molar-refractivity contribution < 1.29 is 4.79 Å². The second-order valence-corrected chi connectivity index (χ2v) is 7.70. The predicted molar refractivity (Wildman–Crippen MR) is 98.1 cm³/mol. The Balaban J connectivity index is 1.92. The molecule has 1 aliphatic rings. The van der Waals surface area contributed by atoms with Gasteiger partial charge in [0.05, 0.1) is 16.7 Å². The minimum absolute atomic E-state index is 0.00459. The van der Waals surface area contributed by atoms with E-state index < -0.39 is 0 Å². The fourth-order valence-corrected chi connectivity index (χ4v) is 5.35. The molecule has 1 N–H and O–H groups in total. The van der Waals surface area contributed by atoms with E-state index in [1.165, 1.54) is 10.4 Å². The molecule has 0 bridgehead atoms. The summed E-state index contributed by atoms with van der Waals surface area (Å²) in [4.78, 5) is 17.9. The van der Waals surface area contributed by atoms with Crippen LogP contribution in [-0.2, 0) is 4.79 Å². The Kier molecular flexibility index (Phi) is 3.90. The van der Waals surface area contributed by atoms with Gasteiger partial charge in [-0.15, -0.1) is 23.1 Å². The zero-order valence-electron chi connectivity index (χ0n) is 13.3. The highest BCUT2D eigenvalue weighted by molar-refractivity contribution is 8.00. The maximum atomic E-state index is 12.2. The van der Waals surface area contributed by atoms with Crippen LogP contribution in [0.1, 0.15) is 26.9 Å². The molecular weight excluding hydrogens is 340 g/mol. The first kappa shape index (κ1) is 15.4. The van der Waals surface area contributed by atoms with E-state index in [9.17, 15) is 4.79 Å². The van der Waals surface area contributed by atoms with E-state index >= 15 is 0 Å². The van der Waals surface area contributed by atoms with Gasteiger partial charge < -0.3 is 5.32 Å². The molecule has 5 nitrogen and oxygen atoms in total. The average Bonchev–Trinajstić information content (AvgIpc) is 3.09. The molecule has 122 valence electrons. The zero-order chi connectivity index (χ0) is 16.7. The number of anilines is 1. The van der Waals surface area contributed by atoms with Crippen LogP contribution in [0.25, 0.3) is 5.82 Å². The van der Waals surface area contributed by atoms with Crippen LogP contribution in [0.15, 0.2) is 35.8 Å². The van der Waals surface area contributed by atoms with Gasteiger partial charge in [0.1, 0.15) is 5.82 Å². The number of nitrogens with one attached hydrogen (secondary N) is 1. The number of hydrogen-bond donors (Lipinski definition) is 1. The molecule has 0 fully saturated rings. The maximum absolute atomic E-state index is 12.2. The smallest absolute Gasteiger partial charge is 0.235 e. The van der Waals surface area contributed by atoms with Crippen LogP contribution in [0.5, 0.6) is 0 Å². The monoisotopic (exact) mass is 356 g/mol. The minimum atomic E-state index is -0.00459. The van der Waals surface area contributed by atoms with Gasteiger partial charge >= 0.3 is 0 Å². The Labute approximate surface area is 148 Å². The van der Waals surface area contributed by atoms with E-state index in [2.05, 4.69) is 33.8 Å². The lowest BCUT2D eigenvalue weighted by Crippen LogP contribution is -2.16. The molecule has 3 aromatic heterocycles. The van der Waals surface area contributed by atoms with Gasteiger partial charge in [0.15, 0.2) is 5.82 Å². The molecule has 0 aliphatic carbocycles. The number of carbonyl (C=O) groups excluding carboxylic acids is 1. The number of nitrogens with zero attached hydrogens (tertiary/aromatic N) is 3. The first-order valence-corrected chi connectivity index (χ1v) is 9.54. The molecule has 24 heavy (non-hydrogen) atoms. The van der Waals surface area contributed by atoms with Crippen molar-refractivity contribution in [3.63, 3.8) is 0 Å². The van der Waals surface area contributed by atoms with Crippen molar-refractivity contribution in [1.29, 1.82) is 0 Å². The van der Waals surface area contributed by atoms with E-state index in [1.54, 1.807) is 34.0 Å². The normalized spacial score (nSPS) is 17.2. The molecule has 4 rings (SSSR count). The average molecular weight is 356 g/mol. The Morgan fingerprint density at radius 3 is 2.88 bits per heavy atom. The number of aryl methyl sites for hydroxylation is 2. The van der Waals surface area contributed by atoms with Crippen LogP contribution >= 0.6 is 23.1 Å². The number of amides is 1. The van der Waals surface area contributed by atoms with Gasteiger partial charge in [-0.05, 0) is 43.0 Å². The van der Waals surface area contributed by atoms with Crippen molar-refractivity contribution in [1.82, 2.24) is 14.8 Å². The van der Waals surface area contributed by atoms with Gasteiger partial charge in [0, 0.05) is 16.6 Å². The molecule has 3 aromatic rings. The summed E-state index contributed by atoms with van der Waals surface area (Å²) in [6.45, 7) is 4.11. The summed E-state index contributed by atoms with van der Waals surface area (Å²) in [5.74, 6) is 1.86. The molecule has 1 amide bonds. The second kappa shape index (κ2) is 6.07. The molecule has 7 heteroatoms. The Morgan fingerprint density at radius 1 is 1.29 bits per heavy atom. The summed E-state index contributed by atoms with van der Waals surface area (Å²) in [6, 6.07) is 7.80. The van der Waals surface area contributed by atoms with Gasteiger partial charge in [-0.25, -0.2) is 4.98 Å². The fraction of sp³-hybridized carbons (Fsp3) is 0.235. The van der Waals surface area contributed by atoms with Crippen LogP contribution in [-0.4, -0.2) is 26.4 Å². The van der Waals surface area contributed by atoms with Crippen molar-refractivity contribution >= 4 is 34.8 Å². The molecule has 1 unspecified atom stereocenters.